The number of aromatic nitrogens is 1. The van der Waals surface area contributed by atoms with Crippen LogP contribution in [0, 0.1) is 0 Å². The highest BCUT2D eigenvalue weighted by molar-refractivity contribution is 6.04. The molecule has 0 fully saturated rings. The largest absolute Gasteiger partial charge is 0.475 e. The third-order valence-corrected chi connectivity index (χ3v) is 3.52. The fraction of sp³-hybridized carbons (Fsp3) is 0.381. The second kappa shape index (κ2) is 9.85. The van der Waals surface area contributed by atoms with Crippen LogP contribution in [0.2, 0.25) is 0 Å². The quantitative estimate of drug-likeness (QED) is 0.550. The summed E-state index contributed by atoms with van der Waals surface area (Å²) < 4.78 is 16.0. The molecule has 1 aromatic heterocycles. The van der Waals surface area contributed by atoms with Gasteiger partial charge in [0.25, 0.3) is 5.91 Å². The number of hydrogen-bond donors (Lipinski definition) is 1. The molecule has 150 valence electrons. The van der Waals surface area contributed by atoms with Crippen LogP contribution in [0.3, 0.4) is 0 Å². The first-order chi connectivity index (χ1) is 13.3. The summed E-state index contributed by atoms with van der Waals surface area (Å²) in [6.07, 6.45) is 1.45. The Hall–Kier alpha value is -2.93. The van der Waals surface area contributed by atoms with E-state index in [1.807, 2.05) is 20.8 Å². The van der Waals surface area contributed by atoms with E-state index in [2.05, 4.69) is 10.3 Å². The van der Waals surface area contributed by atoms with E-state index in [0.717, 1.165) is 0 Å². The molecule has 1 heterocycles. The Bertz CT molecular complexity index is 780. The Morgan fingerprint density at radius 3 is 2.25 bits per heavy atom. The highest BCUT2D eigenvalue weighted by Crippen LogP contribution is 2.14. The molecular weight excluding hydrogens is 360 g/mol. The first-order valence-corrected chi connectivity index (χ1v) is 9.10. The lowest BCUT2D eigenvalue weighted by Crippen LogP contribution is -2.22. The molecule has 0 bridgehead atoms. The summed E-state index contributed by atoms with van der Waals surface area (Å²) in [4.78, 5) is 28.1. The van der Waals surface area contributed by atoms with E-state index in [1.165, 1.54) is 6.20 Å². The van der Waals surface area contributed by atoms with Gasteiger partial charge in [0.2, 0.25) is 5.88 Å². The smallest absolute Gasteiger partial charge is 0.338 e. The first-order valence-electron chi connectivity index (χ1n) is 9.10. The molecule has 0 spiro atoms. The van der Waals surface area contributed by atoms with Crippen LogP contribution in [-0.2, 0) is 9.47 Å². The molecule has 7 heteroatoms. The number of hydrogen-bond acceptors (Lipinski definition) is 6. The third-order valence-electron chi connectivity index (χ3n) is 3.52. The van der Waals surface area contributed by atoms with Gasteiger partial charge in [0, 0.05) is 18.0 Å². The molecule has 0 saturated heterocycles. The van der Waals surface area contributed by atoms with Crippen molar-refractivity contribution in [2.45, 2.75) is 33.3 Å². The van der Waals surface area contributed by atoms with E-state index >= 15 is 0 Å². The summed E-state index contributed by atoms with van der Waals surface area (Å²) in [7, 11) is 0. The normalized spacial score (nSPS) is 11.0. The lowest BCUT2D eigenvalue weighted by Gasteiger charge is -2.19. The average Bonchev–Trinajstić information content (AvgIpc) is 2.66. The summed E-state index contributed by atoms with van der Waals surface area (Å²) in [6.45, 7) is 8.82. The third kappa shape index (κ3) is 7.00. The number of ether oxygens (including phenoxy) is 3. The zero-order chi connectivity index (χ0) is 20.6. The molecule has 0 unspecified atom stereocenters. The molecule has 2 rings (SSSR count). The van der Waals surface area contributed by atoms with Crippen LogP contribution in [0.1, 0.15) is 48.4 Å². The van der Waals surface area contributed by atoms with E-state index in [0.29, 0.717) is 42.5 Å². The number of carbonyl (C=O) groups excluding carboxylic acids is 2. The van der Waals surface area contributed by atoms with Crippen molar-refractivity contribution in [1.82, 2.24) is 4.98 Å². The maximum absolute atomic E-state index is 12.3. The lowest BCUT2D eigenvalue weighted by molar-refractivity contribution is -0.0168. The van der Waals surface area contributed by atoms with Crippen molar-refractivity contribution in [3.63, 3.8) is 0 Å². The highest BCUT2D eigenvalue weighted by atomic mass is 16.5. The van der Waals surface area contributed by atoms with E-state index in [4.69, 9.17) is 14.2 Å². The average molecular weight is 386 g/mol. The number of pyridine rings is 1. The molecule has 0 saturated carbocycles. The topological polar surface area (TPSA) is 86.8 Å². The molecular formula is C21H26N2O5. The summed E-state index contributed by atoms with van der Waals surface area (Å²) in [5.74, 6) is -0.278. The molecule has 0 atom stereocenters. The number of esters is 1. The van der Waals surface area contributed by atoms with Crippen molar-refractivity contribution in [2.24, 2.45) is 0 Å². The van der Waals surface area contributed by atoms with Crippen molar-refractivity contribution in [3.8, 4) is 5.88 Å². The van der Waals surface area contributed by atoms with Gasteiger partial charge < -0.3 is 19.5 Å². The van der Waals surface area contributed by atoms with Crippen LogP contribution in [-0.4, -0.2) is 42.3 Å². The second-order valence-corrected chi connectivity index (χ2v) is 6.95. The number of nitrogens with zero attached hydrogens (tertiary/aromatic N) is 1. The van der Waals surface area contributed by atoms with Crippen molar-refractivity contribution in [1.29, 1.82) is 0 Å². The minimum Gasteiger partial charge on any atom is -0.475 e. The van der Waals surface area contributed by atoms with Crippen LogP contribution in [0.4, 0.5) is 5.69 Å². The number of amides is 1. The number of nitrogens with one attached hydrogen (secondary N) is 1. The molecule has 0 aliphatic rings. The van der Waals surface area contributed by atoms with Crippen LogP contribution in [0.5, 0.6) is 5.88 Å². The predicted molar refractivity (Wildman–Crippen MR) is 106 cm³/mol. The fourth-order valence-corrected chi connectivity index (χ4v) is 2.20. The molecule has 0 aliphatic carbocycles. The zero-order valence-corrected chi connectivity index (χ0v) is 16.7. The van der Waals surface area contributed by atoms with Gasteiger partial charge in [-0.05, 0) is 58.0 Å². The van der Waals surface area contributed by atoms with Gasteiger partial charge >= 0.3 is 5.97 Å². The van der Waals surface area contributed by atoms with E-state index in [1.54, 1.807) is 43.3 Å². The molecule has 1 amide bonds. The lowest BCUT2D eigenvalue weighted by atomic mass is 10.2. The summed E-state index contributed by atoms with van der Waals surface area (Å²) in [6, 6.07) is 9.75. The van der Waals surface area contributed by atoms with Gasteiger partial charge in [0.15, 0.2) is 0 Å². The maximum Gasteiger partial charge on any atom is 0.338 e. The molecule has 2 aromatic rings. The second-order valence-electron chi connectivity index (χ2n) is 6.95. The Morgan fingerprint density at radius 1 is 1.00 bits per heavy atom. The first kappa shape index (κ1) is 21.4. The summed E-state index contributed by atoms with van der Waals surface area (Å²) in [5, 5.41) is 2.75. The Labute approximate surface area is 165 Å². The molecule has 0 radical (unpaired) electrons. The maximum atomic E-state index is 12.3. The van der Waals surface area contributed by atoms with Gasteiger partial charge in [-0.1, -0.05) is 0 Å². The van der Waals surface area contributed by atoms with Crippen LogP contribution >= 0.6 is 0 Å². The molecule has 28 heavy (non-hydrogen) atoms. The van der Waals surface area contributed by atoms with Gasteiger partial charge in [0.05, 0.1) is 29.9 Å². The highest BCUT2D eigenvalue weighted by Gasteiger charge is 2.11. The van der Waals surface area contributed by atoms with Crippen molar-refractivity contribution < 1.29 is 23.8 Å². The molecule has 0 aliphatic heterocycles. The van der Waals surface area contributed by atoms with Gasteiger partial charge in [-0.25, -0.2) is 9.78 Å². The molecule has 7 nitrogen and oxygen atoms in total. The zero-order valence-electron chi connectivity index (χ0n) is 16.7. The Kier molecular flexibility index (Phi) is 7.52. The van der Waals surface area contributed by atoms with Gasteiger partial charge in [-0.3, -0.25) is 4.79 Å². The number of rotatable bonds is 8. The van der Waals surface area contributed by atoms with E-state index < -0.39 is 5.97 Å². The molecule has 1 aromatic carbocycles. The van der Waals surface area contributed by atoms with E-state index in [-0.39, 0.29) is 11.5 Å². The van der Waals surface area contributed by atoms with Crippen molar-refractivity contribution in [3.05, 3.63) is 53.7 Å². The van der Waals surface area contributed by atoms with Gasteiger partial charge in [-0.2, -0.15) is 0 Å². The van der Waals surface area contributed by atoms with Gasteiger partial charge in [0.1, 0.15) is 6.61 Å². The number of carbonyl (C=O) groups is 2. The number of anilines is 1. The number of benzene rings is 1. The monoisotopic (exact) mass is 386 g/mol. The Balaban J connectivity index is 1.86. The van der Waals surface area contributed by atoms with Crippen molar-refractivity contribution >= 4 is 17.6 Å². The van der Waals surface area contributed by atoms with Gasteiger partial charge in [-0.15, -0.1) is 0 Å². The van der Waals surface area contributed by atoms with Crippen LogP contribution < -0.4 is 10.1 Å². The Morgan fingerprint density at radius 2 is 1.68 bits per heavy atom. The van der Waals surface area contributed by atoms with Crippen molar-refractivity contribution in [2.75, 3.05) is 25.1 Å². The SMILES string of the molecule is CCOC(=O)c1ccc(NC(=O)c2ccc(OCCOC(C)(C)C)nc2)cc1. The van der Waals surface area contributed by atoms with E-state index in [9.17, 15) is 9.59 Å². The minimum absolute atomic E-state index is 0.215. The van der Waals surface area contributed by atoms with Crippen LogP contribution in [0.25, 0.3) is 0 Å². The predicted octanol–water partition coefficient (Wildman–Crippen LogP) is 3.70. The summed E-state index contributed by atoms with van der Waals surface area (Å²) in [5.41, 5.74) is 1.18. The standard InChI is InChI=1S/C21H26N2O5/c1-5-26-20(25)15-6-9-17(10-7-15)23-19(24)16-8-11-18(22-14-16)27-12-13-28-21(2,3)4/h6-11,14H,5,12-13H2,1-4H3,(H,23,24). The summed E-state index contributed by atoms with van der Waals surface area (Å²) >= 11 is 0. The van der Waals surface area contributed by atoms with Crippen LogP contribution in [0.15, 0.2) is 42.6 Å². The minimum atomic E-state index is -0.395. The fourth-order valence-electron chi connectivity index (χ4n) is 2.20. The molecule has 1 N–H and O–H groups in total.